The van der Waals surface area contributed by atoms with E-state index in [1.165, 1.54) is 6.07 Å². The molecule has 1 fully saturated rings. The molecule has 0 atom stereocenters. The predicted molar refractivity (Wildman–Crippen MR) is 76.2 cm³/mol. The SMILES string of the molecule is CC1(C)OB(C(F)=Cc2ccc(F)c(C#N)c2F)OC1(C)C. The van der Waals surface area contributed by atoms with Gasteiger partial charge in [0.2, 0.25) is 0 Å². The van der Waals surface area contributed by atoms with Crippen LogP contribution in [0.15, 0.2) is 17.9 Å². The molecule has 0 radical (unpaired) electrons. The van der Waals surface area contributed by atoms with Gasteiger partial charge in [-0.1, -0.05) is 0 Å². The third-order valence-electron chi connectivity index (χ3n) is 4.00. The van der Waals surface area contributed by atoms with Gasteiger partial charge in [-0.25, -0.2) is 13.2 Å². The monoisotopic (exact) mass is 309 g/mol. The highest BCUT2D eigenvalue weighted by molar-refractivity contribution is 6.54. The molecule has 1 saturated heterocycles. The fourth-order valence-corrected chi connectivity index (χ4v) is 1.95. The lowest BCUT2D eigenvalue weighted by atomic mass is 9.86. The molecule has 0 bridgehead atoms. The van der Waals surface area contributed by atoms with Crippen molar-refractivity contribution < 1.29 is 22.5 Å². The summed E-state index contributed by atoms with van der Waals surface area (Å²) in [6, 6.07) is 3.37. The van der Waals surface area contributed by atoms with E-state index in [9.17, 15) is 13.2 Å². The van der Waals surface area contributed by atoms with Crippen LogP contribution in [0.5, 0.6) is 0 Å². The Morgan fingerprint density at radius 3 is 2.23 bits per heavy atom. The summed E-state index contributed by atoms with van der Waals surface area (Å²) in [6.45, 7) is 7.03. The summed E-state index contributed by atoms with van der Waals surface area (Å²) in [5, 5.41) is 8.71. The zero-order chi connectivity index (χ0) is 16.7. The first-order valence-electron chi connectivity index (χ1n) is 6.70. The van der Waals surface area contributed by atoms with Crippen LogP contribution in [0, 0.1) is 23.0 Å². The molecule has 0 amide bonds. The molecule has 0 aromatic heterocycles. The molecule has 1 aromatic carbocycles. The molecule has 0 N–H and O–H groups in total. The molecule has 0 aliphatic carbocycles. The van der Waals surface area contributed by atoms with Gasteiger partial charge in [0.25, 0.3) is 0 Å². The zero-order valence-corrected chi connectivity index (χ0v) is 12.7. The Hall–Kier alpha value is -1.78. The normalized spacial score (nSPS) is 20.1. The number of rotatable bonds is 2. The van der Waals surface area contributed by atoms with Gasteiger partial charge < -0.3 is 9.31 Å². The Kier molecular flexibility index (Phi) is 4.11. The second-order valence-corrected chi connectivity index (χ2v) is 6.05. The van der Waals surface area contributed by atoms with Gasteiger partial charge in [-0.3, -0.25) is 0 Å². The molecular weight excluding hydrogens is 294 g/mol. The van der Waals surface area contributed by atoms with Gasteiger partial charge in [0.05, 0.1) is 11.2 Å². The van der Waals surface area contributed by atoms with Gasteiger partial charge in [-0.05, 0) is 45.9 Å². The lowest BCUT2D eigenvalue weighted by Gasteiger charge is -2.32. The lowest BCUT2D eigenvalue weighted by molar-refractivity contribution is 0.00578. The summed E-state index contributed by atoms with van der Waals surface area (Å²) in [6.07, 6.45) is 0.845. The van der Waals surface area contributed by atoms with Crippen LogP contribution in [-0.4, -0.2) is 18.3 Å². The number of halogens is 3. The summed E-state index contributed by atoms with van der Waals surface area (Å²) < 4.78 is 52.4. The van der Waals surface area contributed by atoms with Crippen molar-refractivity contribution in [2.45, 2.75) is 38.9 Å². The molecule has 116 valence electrons. The summed E-state index contributed by atoms with van der Waals surface area (Å²) >= 11 is 0. The Balaban J connectivity index is 2.34. The first kappa shape index (κ1) is 16.6. The van der Waals surface area contributed by atoms with Crippen LogP contribution < -0.4 is 0 Å². The number of nitriles is 1. The second kappa shape index (κ2) is 5.45. The number of benzene rings is 1. The first-order chi connectivity index (χ1) is 10.1. The van der Waals surface area contributed by atoms with E-state index in [0.717, 1.165) is 18.2 Å². The van der Waals surface area contributed by atoms with Gasteiger partial charge >= 0.3 is 7.12 Å². The average molecular weight is 309 g/mol. The highest BCUT2D eigenvalue weighted by Gasteiger charge is 2.53. The van der Waals surface area contributed by atoms with E-state index < -0.39 is 41.2 Å². The molecule has 1 heterocycles. The van der Waals surface area contributed by atoms with Crippen molar-refractivity contribution in [3.05, 3.63) is 40.6 Å². The van der Waals surface area contributed by atoms with Gasteiger partial charge in [0.15, 0.2) is 5.82 Å². The molecule has 0 unspecified atom stereocenters. The molecule has 1 aliphatic heterocycles. The molecule has 1 aliphatic rings. The van der Waals surface area contributed by atoms with Crippen molar-refractivity contribution in [1.29, 1.82) is 5.26 Å². The fourth-order valence-electron chi connectivity index (χ4n) is 1.95. The highest BCUT2D eigenvalue weighted by Crippen LogP contribution is 2.39. The quantitative estimate of drug-likeness (QED) is 0.781. The number of hydrogen-bond donors (Lipinski definition) is 0. The molecule has 0 saturated carbocycles. The third kappa shape index (κ3) is 2.76. The van der Waals surface area contributed by atoms with Gasteiger partial charge in [-0.2, -0.15) is 5.26 Å². The first-order valence-corrected chi connectivity index (χ1v) is 6.70. The maximum Gasteiger partial charge on any atom is 0.525 e. The van der Waals surface area contributed by atoms with E-state index in [0.29, 0.717) is 0 Å². The smallest absolute Gasteiger partial charge is 0.398 e. The molecule has 3 nitrogen and oxygen atoms in total. The van der Waals surface area contributed by atoms with Crippen LogP contribution in [0.3, 0.4) is 0 Å². The topological polar surface area (TPSA) is 42.2 Å². The van der Waals surface area contributed by atoms with E-state index in [-0.39, 0.29) is 5.56 Å². The van der Waals surface area contributed by atoms with Crippen molar-refractivity contribution >= 4 is 13.2 Å². The van der Waals surface area contributed by atoms with Gasteiger partial charge in [-0.15, -0.1) is 0 Å². The van der Waals surface area contributed by atoms with Gasteiger partial charge in [0.1, 0.15) is 23.2 Å². The predicted octanol–water partition coefficient (Wildman–Crippen LogP) is 3.78. The highest BCUT2D eigenvalue weighted by atomic mass is 19.1. The van der Waals surface area contributed by atoms with E-state index in [4.69, 9.17) is 14.6 Å². The minimum atomic E-state index is -1.28. The largest absolute Gasteiger partial charge is 0.525 e. The van der Waals surface area contributed by atoms with E-state index in [2.05, 4.69) is 0 Å². The summed E-state index contributed by atoms with van der Waals surface area (Å²) in [5.41, 5.74) is -3.32. The maximum absolute atomic E-state index is 14.3. The van der Waals surface area contributed by atoms with E-state index in [1.54, 1.807) is 27.7 Å². The molecule has 22 heavy (non-hydrogen) atoms. The number of hydrogen-bond acceptors (Lipinski definition) is 3. The summed E-state index contributed by atoms with van der Waals surface area (Å²) in [7, 11) is -1.28. The van der Waals surface area contributed by atoms with Crippen molar-refractivity contribution in [3.63, 3.8) is 0 Å². The Morgan fingerprint density at radius 2 is 1.73 bits per heavy atom. The van der Waals surface area contributed by atoms with E-state index >= 15 is 0 Å². The van der Waals surface area contributed by atoms with E-state index in [1.807, 2.05) is 0 Å². The Labute approximate surface area is 127 Å². The third-order valence-corrected chi connectivity index (χ3v) is 4.00. The molecule has 7 heteroatoms. The molecule has 2 rings (SSSR count). The summed E-state index contributed by atoms with van der Waals surface area (Å²) in [5.74, 6) is -2.11. The maximum atomic E-state index is 14.3. The lowest BCUT2D eigenvalue weighted by Crippen LogP contribution is -2.41. The zero-order valence-electron chi connectivity index (χ0n) is 12.7. The molecule has 0 spiro atoms. The van der Waals surface area contributed by atoms with Crippen LogP contribution in [0.4, 0.5) is 13.2 Å². The minimum absolute atomic E-state index is 0.245. The summed E-state index contributed by atoms with van der Waals surface area (Å²) in [4.78, 5) is 0. The van der Waals surface area contributed by atoms with Crippen LogP contribution >= 0.6 is 0 Å². The van der Waals surface area contributed by atoms with Crippen LogP contribution in [0.1, 0.15) is 38.8 Å². The van der Waals surface area contributed by atoms with Crippen molar-refractivity contribution in [3.8, 4) is 6.07 Å². The molecule has 1 aromatic rings. The van der Waals surface area contributed by atoms with Crippen molar-refractivity contribution in [1.82, 2.24) is 0 Å². The van der Waals surface area contributed by atoms with Crippen LogP contribution in [0.25, 0.3) is 6.08 Å². The fraction of sp³-hybridized carbons (Fsp3) is 0.400. The second-order valence-electron chi connectivity index (χ2n) is 6.05. The Bertz CT molecular complexity index is 664. The average Bonchev–Trinajstić information content (AvgIpc) is 2.62. The minimum Gasteiger partial charge on any atom is -0.398 e. The Morgan fingerprint density at radius 1 is 1.18 bits per heavy atom. The van der Waals surface area contributed by atoms with Crippen LogP contribution in [-0.2, 0) is 9.31 Å². The van der Waals surface area contributed by atoms with Gasteiger partial charge in [0, 0.05) is 5.56 Å². The van der Waals surface area contributed by atoms with Crippen molar-refractivity contribution in [2.75, 3.05) is 0 Å². The van der Waals surface area contributed by atoms with Crippen molar-refractivity contribution in [2.24, 2.45) is 0 Å². The number of nitrogens with zero attached hydrogens (tertiary/aromatic N) is 1. The molecular formula is C15H15BF3NO2. The standard InChI is InChI=1S/C15H15BF3NO2/c1-14(2)15(3,4)22-16(21-14)12(18)7-9-5-6-11(17)10(8-20)13(9)19/h5-7H,1-4H3. The van der Waals surface area contributed by atoms with Crippen LogP contribution in [0.2, 0.25) is 0 Å².